The summed E-state index contributed by atoms with van der Waals surface area (Å²) in [6, 6.07) is 5.24. The molecule has 1 aromatic rings. The van der Waals surface area contributed by atoms with E-state index in [9.17, 15) is 4.39 Å². The molecule has 0 radical (unpaired) electrons. The highest BCUT2D eigenvalue weighted by molar-refractivity contribution is 8.01. The monoisotopic (exact) mass is 195 g/mol. The van der Waals surface area contributed by atoms with Gasteiger partial charge in [0.15, 0.2) is 0 Å². The minimum atomic E-state index is -0.0824. The predicted molar refractivity (Wildman–Crippen MR) is 52.7 cm³/mol. The summed E-state index contributed by atoms with van der Waals surface area (Å²) in [5, 5.41) is 3.30. The van der Waals surface area contributed by atoms with Crippen LogP contribution in [0.2, 0.25) is 0 Å². The number of halogens is 1. The predicted octanol–water partition coefficient (Wildman–Crippen LogP) is 2.88. The Morgan fingerprint density at radius 1 is 1.38 bits per heavy atom. The Morgan fingerprint density at radius 2 is 2.23 bits per heavy atom. The molecule has 1 spiro atoms. The minimum Gasteiger partial charge on any atom is -0.383 e. The SMILES string of the molecule is Fc1cccc2c1SC1(CC1)CN2. The molecule has 1 fully saturated rings. The van der Waals surface area contributed by atoms with Gasteiger partial charge in [-0.25, -0.2) is 4.39 Å². The molecular weight excluding hydrogens is 185 g/mol. The topological polar surface area (TPSA) is 12.0 Å². The summed E-state index contributed by atoms with van der Waals surface area (Å²) < 4.78 is 13.7. The van der Waals surface area contributed by atoms with E-state index in [0.29, 0.717) is 4.75 Å². The number of anilines is 1. The van der Waals surface area contributed by atoms with Gasteiger partial charge in [-0.05, 0) is 25.0 Å². The average molecular weight is 195 g/mol. The Balaban J connectivity index is 2.06. The van der Waals surface area contributed by atoms with Crippen molar-refractivity contribution in [1.82, 2.24) is 0 Å². The van der Waals surface area contributed by atoms with Crippen LogP contribution in [0.1, 0.15) is 12.8 Å². The van der Waals surface area contributed by atoms with Gasteiger partial charge in [-0.2, -0.15) is 0 Å². The van der Waals surface area contributed by atoms with Gasteiger partial charge in [-0.15, -0.1) is 11.8 Å². The number of fused-ring (bicyclic) bond motifs is 1. The van der Waals surface area contributed by atoms with E-state index in [4.69, 9.17) is 0 Å². The Hall–Kier alpha value is -0.700. The highest BCUT2D eigenvalue weighted by Crippen LogP contribution is 2.56. The first kappa shape index (κ1) is 7.68. The second-order valence-electron chi connectivity index (χ2n) is 3.76. The quantitative estimate of drug-likeness (QED) is 0.683. The highest BCUT2D eigenvalue weighted by Gasteiger charge is 2.46. The molecule has 0 atom stereocenters. The van der Waals surface area contributed by atoms with Crippen molar-refractivity contribution < 1.29 is 4.39 Å². The number of hydrogen-bond acceptors (Lipinski definition) is 2. The van der Waals surface area contributed by atoms with Crippen LogP contribution in [0.5, 0.6) is 0 Å². The third-order valence-corrected chi connectivity index (χ3v) is 4.30. The van der Waals surface area contributed by atoms with E-state index in [0.717, 1.165) is 17.1 Å². The molecule has 3 heteroatoms. The maximum Gasteiger partial charge on any atom is 0.138 e. The third kappa shape index (κ3) is 1.14. The molecule has 3 rings (SSSR count). The van der Waals surface area contributed by atoms with Crippen molar-refractivity contribution in [2.45, 2.75) is 22.5 Å². The lowest BCUT2D eigenvalue weighted by atomic mass is 10.3. The van der Waals surface area contributed by atoms with E-state index in [1.54, 1.807) is 17.8 Å². The lowest BCUT2D eigenvalue weighted by Gasteiger charge is -2.25. The third-order valence-electron chi connectivity index (χ3n) is 2.69. The maximum absolute atomic E-state index is 13.4. The van der Waals surface area contributed by atoms with Crippen LogP contribution in [0.3, 0.4) is 0 Å². The summed E-state index contributed by atoms with van der Waals surface area (Å²) in [5.74, 6) is -0.0824. The van der Waals surface area contributed by atoms with Gasteiger partial charge in [0.25, 0.3) is 0 Å². The van der Waals surface area contributed by atoms with Crippen molar-refractivity contribution in [1.29, 1.82) is 0 Å². The first-order valence-electron chi connectivity index (χ1n) is 4.51. The summed E-state index contributed by atoms with van der Waals surface area (Å²) in [7, 11) is 0. The molecule has 0 aromatic heterocycles. The van der Waals surface area contributed by atoms with Crippen LogP contribution in [0.15, 0.2) is 23.1 Å². The second kappa shape index (κ2) is 2.41. The van der Waals surface area contributed by atoms with Gasteiger partial charge in [-0.1, -0.05) is 6.07 Å². The van der Waals surface area contributed by atoms with Crippen molar-refractivity contribution in [3.8, 4) is 0 Å². The first-order valence-corrected chi connectivity index (χ1v) is 5.32. The standard InChI is InChI=1S/C10H10FNS/c11-7-2-1-3-8-9(7)13-10(4-5-10)6-12-8/h1-3,12H,4-6H2. The molecule has 0 unspecified atom stereocenters. The molecule has 1 N–H and O–H groups in total. The molecule has 1 saturated carbocycles. The number of benzene rings is 1. The molecule has 0 amide bonds. The van der Waals surface area contributed by atoms with Gasteiger partial charge in [-0.3, -0.25) is 0 Å². The lowest BCUT2D eigenvalue weighted by Crippen LogP contribution is -2.23. The normalized spacial score (nSPS) is 22.2. The Kier molecular flexibility index (Phi) is 1.42. The van der Waals surface area contributed by atoms with E-state index < -0.39 is 0 Å². The van der Waals surface area contributed by atoms with E-state index in [-0.39, 0.29) is 5.82 Å². The molecule has 68 valence electrons. The molecule has 1 nitrogen and oxygen atoms in total. The fourth-order valence-electron chi connectivity index (χ4n) is 1.68. The van der Waals surface area contributed by atoms with Crippen molar-refractivity contribution in [3.05, 3.63) is 24.0 Å². The number of thioether (sulfide) groups is 1. The van der Waals surface area contributed by atoms with Crippen LogP contribution in [-0.2, 0) is 0 Å². The molecule has 1 aromatic carbocycles. The van der Waals surface area contributed by atoms with Gasteiger partial charge in [0, 0.05) is 11.3 Å². The van der Waals surface area contributed by atoms with Crippen molar-refractivity contribution >= 4 is 17.4 Å². The van der Waals surface area contributed by atoms with Gasteiger partial charge >= 0.3 is 0 Å². The van der Waals surface area contributed by atoms with E-state index >= 15 is 0 Å². The van der Waals surface area contributed by atoms with Gasteiger partial charge < -0.3 is 5.32 Å². The smallest absolute Gasteiger partial charge is 0.138 e. The fourth-order valence-corrected chi connectivity index (χ4v) is 2.98. The number of nitrogens with one attached hydrogen (secondary N) is 1. The Bertz CT molecular complexity index is 360. The van der Waals surface area contributed by atoms with Crippen LogP contribution in [0.4, 0.5) is 10.1 Å². The molecule has 13 heavy (non-hydrogen) atoms. The zero-order valence-electron chi connectivity index (χ0n) is 7.14. The van der Waals surface area contributed by atoms with Crippen molar-refractivity contribution in [3.63, 3.8) is 0 Å². The van der Waals surface area contributed by atoms with E-state index in [2.05, 4.69) is 5.32 Å². The zero-order chi connectivity index (χ0) is 8.89. The van der Waals surface area contributed by atoms with E-state index in [1.165, 1.54) is 18.9 Å². The molecule has 1 aliphatic heterocycles. The summed E-state index contributed by atoms with van der Waals surface area (Å²) in [4.78, 5) is 0.811. The number of hydrogen-bond donors (Lipinski definition) is 1. The molecule has 2 aliphatic rings. The molecule has 0 bridgehead atoms. The molecule has 1 heterocycles. The molecule has 0 saturated heterocycles. The van der Waals surface area contributed by atoms with Crippen LogP contribution in [0.25, 0.3) is 0 Å². The lowest BCUT2D eigenvalue weighted by molar-refractivity contribution is 0.600. The van der Waals surface area contributed by atoms with Crippen LogP contribution in [-0.4, -0.2) is 11.3 Å². The van der Waals surface area contributed by atoms with Gasteiger partial charge in [0.05, 0.1) is 10.6 Å². The summed E-state index contributed by atoms with van der Waals surface area (Å²) in [6.07, 6.45) is 2.44. The first-order chi connectivity index (χ1) is 6.29. The molecule has 1 aliphatic carbocycles. The average Bonchev–Trinajstić information content (AvgIpc) is 2.88. The maximum atomic E-state index is 13.4. The van der Waals surface area contributed by atoms with Crippen LogP contribution in [0, 0.1) is 5.82 Å². The van der Waals surface area contributed by atoms with E-state index in [1.807, 2.05) is 6.07 Å². The van der Waals surface area contributed by atoms with Crippen LogP contribution >= 0.6 is 11.8 Å². The number of rotatable bonds is 0. The van der Waals surface area contributed by atoms with Gasteiger partial charge in [0.2, 0.25) is 0 Å². The highest BCUT2D eigenvalue weighted by atomic mass is 32.2. The van der Waals surface area contributed by atoms with Crippen molar-refractivity contribution in [2.24, 2.45) is 0 Å². The minimum absolute atomic E-state index is 0.0824. The second-order valence-corrected chi connectivity index (χ2v) is 5.23. The Labute approximate surface area is 80.7 Å². The largest absolute Gasteiger partial charge is 0.383 e. The van der Waals surface area contributed by atoms with Crippen molar-refractivity contribution in [2.75, 3.05) is 11.9 Å². The summed E-state index contributed by atoms with van der Waals surface area (Å²) in [6.45, 7) is 0.994. The summed E-state index contributed by atoms with van der Waals surface area (Å²) >= 11 is 1.71. The van der Waals surface area contributed by atoms with Gasteiger partial charge in [0.1, 0.15) is 5.82 Å². The fraction of sp³-hybridized carbons (Fsp3) is 0.400. The molecular formula is C10H10FNS. The summed E-state index contributed by atoms with van der Waals surface area (Å²) in [5.41, 5.74) is 0.961. The zero-order valence-corrected chi connectivity index (χ0v) is 7.96. The van der Waals surface area contributed by atoms with Crippen LogP contribution < -0.4 is 5.32 Å². The Morgan fingerprint density at radius 3 is 3.00 bits per heavy atom.